The number of aliphatic hydroxyl groups is 2. The van der Waals surface area contributed by atoms with Crippen LogP contribution in [0, 0.1) is 11.8 Å². The first-order valence-electron chi connectivity index (χ1n) is 22.1. The normalized spacial score (nSPS) is 13.6. The number of aromatic nitrogens is 3. The number of amides is 2. The van der Waals surface area contributed by atoms with Gasteiger partial charge in [-0.3, -0.25) is 27.6 Å². The van der Waals surface area contributed by atoms with Crippen molar-refractivity contribution in [1.29, 1.82) is 0 Å². The van der Waals surface area contributed by atoms with Crippen LogP contribution in [0.1, 0.15) is 36.5 Å². The number of likely N-dealkylation sites (N-methyl/N-ethyl adjacent to an activating group) is 2. The summed E-state index contributed by atoms with van der Waals surface area (Å²) in [5.41, 5.74) is 2.80. The fourth-order valence-corrected chi connectivity index (χ4v) is 9.92. The molecule has 372 valence electrons. The van der Waals surface area contributed by atoms with Gasteiger partial charge < -0.3 is 22.3 Å². The van der Waals surface area contributed by atoms with Gasteiger partial charge in [0.1, 0.15) is 11.6 Å². The molecule has 18 nitrogen and oxygen atoms in total. The molecule has 21 heteroatoms. The molecule has 0 bridgehead atoms. The quantitative estimate of drug-likeness (QED) is 0.0784. The van der Waals surface area contributed by atoms with Crippen molar-refractivity contribution in [2.45, 2.75) is 36.0 Å². The number of nitrogens with one attached hydrogen (secondary N) is 2. The minimum atomic E-state index is -3.91. The summed E-state index contributed by atoms with van der Waals surface area (Å²) in [6.07, 6.45) is 7.82. The maximum absolute atomic E-state index is 12.5. The standard InChI is InChI=1S/2C15H13N3O4S.C12H11NO.C10H13NO.Na.H/c2*1-18-13(15(20)17-12-8-4-5-9-16-12)14(19)10-6-2-3-7-11(10)23(18,21)22;1-10-7-8-12(14)13(9-10)11-5-3-2-4-6-11;12-11-9-5-4-8-10-6-2-1-3-7-10;;/h2*2-9,19H,1H3,(H,16,17,20);2-9H,1H3;1-3,6-7H,4-5,8-9H2;;/q;;;;+1;-1. The predicted octanol–water partition coefficient (Wildman–Crippen LogP) is 5.20. The van der Waals surface area contributed by atoms with Gasteiger partial charge in [-0.1, -0.05) is 96.2 Å². The number of rotatable bonds is 10. The van der Waals surface area contributed by atoms with Crippen molar-refractivity contribution in [3.8, 4) is 5.69 Å². The first kappa shape index (κ1) is 56.2. The van der Waals surface area contributed by atoms with Crippen LogP contribution >= 0.6 is 0 Å². The number of para-hydroxylation sites is 1. The molecule has 4 N–H and O–H groups in total. The largest absolute Gasteiger partial charge is 1.00 e. The number of nitroso groups, excluding NO2 is 1. The van der Waals surface area contributed by atoms with Crippen molar-refractivity contribution < 1.29 is 67.6 Å². The fraction of sp³-hybridized carbons (Fsp3) is 0.135. The molecule has 0 spiro atoms. The third-order valence-corrected chi connectivity index (χ3v) is 14.4. The number of unbranched alkanes of at least 4 members (excludes halogenated alkanes) is 1. The summed E-state index contributed by atoms with van der Waals surface area (Å²) in [6, 6.07) is 45.1. The first-order chi connectivity index (χ1) is 34.6. The zero-order valence-electron chi connectivity index (χ0n) is 41.2. The minimum absolute atomic E-state index is 0. The molecular formula is C52H51N8NaO10S2. The smallest absolute Gasteiger partial charge is 1.00 e. The molecule has 0 unspecified atom stereocenters. The number of pyridine rings is 3. The van der Waals surface area contributed by atoms with Crippen LogP contribution in [0.2, 0.25) is 0 Å². The van der Waals surface area contributed by atoms with Gasteiger partial charge in [-0.25, -0.2) is 26.8 Å². The van der Waals surface area contributed by atoms with Crippen molar-refractivity contribution in [2.75, 3.05) is 31.3 Å². The average Bonchev–Trinajstić information content (AvgIpc) is 3.39. The Labute approximate surface area is 446 Å². The number of aryl methyl sites for hydroxylation is 2. The Morgan fingerprint density at radius 2 is 1.04 bits per heavy atom. The molecule has 2 aliphatic heterocycles. The van der Waals surface area contributed by atoms with E-state index in [1.54, 1.807) is 71.3 Å². The van der Waals surface area contributed by atoms with Crippen LogP contribution < -0.4 is 45.8 Å². The Morgan fingerprint density at radius 3 is 1.49 bits per heavy atom. The molecule has 9 rings (SSSR count). The van der Waals surface area contributed by atoms with Gasteiger partial charge in [0.2, 0.25) is 0 Å². The van der Waals surface area contributed by atoms with Crippen LogP contribution in [0.15, 0.2) is 207 Å². The van der Waals surface area contributed by atoms with Gasteiger partial charge in [-0.15, -0.1) is 0 Å². The summed E-state index contributed by atoms with van der Waals surface area (Å²) in [6.45, 7) is 2.42. The molecule has 2 aliphatic rings. The van der Waals surface area contributed by atoms with Gasteiger partial charge in [-0.2, -0.15) is 4.91 Å². The maximum atomic E-state index is 12.5. The van der Waals surface area contributed by atoms with Crippen molar-refractivity contribution in [3.05, 3.63) is 225 Å². The van der Waals surface area contributed by atoms with Crippen molar-refractivity contribution in [2.24, 2.45) is 5.18 Å². The van der Waals surface area contributed by atoms with Gasteiger partial charge in [0, 0.05) is 55.6 Å². The summed E-state index contributed by atoms with van der Waals surface area (Å²) >= 11 is 0. The fourth-order valence-electron chi connectivity index (χ4n) is 7.12. The molecule has 5 heterocycles. The number of carbonyl (C=O) groups excluding carboxylic acids is 2. The Balaban J connectivity index is 0.000000219. The van der Waals surface area contributed by atoms with E-state index in [1.807, 2.05) is 67.7 Å². The van der Waals surface area contributed by atoms with E-state index in [1.165, 1.54) is 56.3 Å². The van der Waals surface area contributed by atoms with Gasteiger partial charge >= 0.3 is 29.6 Å². The molecule has 0 fully saturated rings. The average molecular weight is 1040 g/mol. The molecule has 7 aromatic rings. The Bertz CT molecular complexity index is 3240. The number of nitrogens with zero attached hydrogens (tertiary/aromatic N) is 6. The third-order valence-electron chi connectivity index (χ3n) is 10.8. The summed E-state index contributed by atoms with van der Waals surface area (Å²) in [5, 5.41) is 28.5. The molecule has 0 aliphatic carbocycles. The van der Waals surface area contributed by atoms with Crippen LogP contribution in [0.25, 0.3) is 17.2 Å². The van der Waals surface area contributed by atoms with Crippen molar-refractivity contribution in [1.82, 2.24) is 23.1 Å². The van der Waals surface area contributed by atoms with E-state index in [2.05, 4.69) is 37.9 Å². The predicted molar refractivity (Wildman–Crippen MR) is 276 cm³/mol. The molecule has 0 atom stereocenters. The second kappa shape index (κ2) is 26.1. The first-order valence-corrected chi connectivity index (χ1v) is 25.0. The van der Waals surface area contributed by atoms with E-state index in [4.69, 9.17) is 0 Å². The number of hydrogen-bond acceptors (Lipinski definition) is 13. The number of sulfonamides is 2. The monoisotopic (exact) mass is 1030 g/mol. The second-order valence-corrected chi connectivity index (χ2v) is 19.6. The van der Waals surface area contributed by atoms with E-state index >= 15 is 0 Å². The Kier molecular flexibility index (Phi) is 20.1. The van der Waals surface area contributed by atoms with E-state index in [9.17, 15) is 46.3 Å². The summed E-state index contributed by atoms with van der Waals surface area (Å²) < 4.78 is 53.2. The van der Waals surface area contributed by atoms with Crippen LogP contribution in [0.5, 0.6) is 0 Å². The summed E-state index contributed by atoms with van der Waals surface area (Å²) in [7, 11) is -5.38. The zero-order valence-corrected chi connectivity index (χ0v) is 43.9. The van der Waals surface area contributed by atoms with Crippen molar-refractivity contribution >= 4 is 55.0 Å². The van der Waals surface area contributed by atoms with Gasteiger partial charge in [-0.05, 0) is 98.0 Å². The molecular weight excluding hydrogens is 984 g/mol. The maximum Gasteiger partial charge on any atom is 1.00 e. The molecule has 3 aromatic heterocycles. The van der Waals surface area contributed by atoms with E-state index in [0.29, 0.717) is 6.54 Å². The topological polar surface area (TPSA) is 251 Å². The molecule has 0 radical (unpaired) electrons. The number of anilines is 2. The van der Waals surface area contributed by atoms with Crippen LogP contribution in [0.3, 0.4) is 0 Å². The van der Waals surface area contributed by atoms with Crippen LogP contribution in [0.4, 0.5) is 11.6 Å². The summed E-state index contributed by atoms with van der Waals surface area (Å²) in [4.78, 5) is 53.9. The molecule has 2 amide bonds. The number of carbonyl (C=O) groups is 2. The SMILES string of the molecule is CN1C(C(=O)Nc2ccccn2)=C(O)c2ccccc2S1(=O)=O.CN1C(C(=O)Nc2ccccn2)=C(O)c2ccccc2S1(=O)=O.Cc1ccc(=O)n(-c2ccccc2)c1.O=NCCCCc1ccccc1.[H-].[Na+]. The van der Waals surface area contributed by atoms with Crippen LogP contribution in [-0.4, -0.2) is 82.6 Å². The Hall–Kier alpha value is -7.75. The van der Waals surface area contributed by atoms with Crippen molar-refractivity contribution in [3.63, 3.8) is 0 Å². The molecule has 0 saturated carbocycles. The minimum Gasteiger partial charge on any atom is -1.00 e. The van der Waals surface area contributed by atoms with Gasteiger partial charge in [0.15, 0.2) is 22.9 Å². The number of hydrogen-bond donors (Lipinski definition) is 4. The molecule has 4 aromatic carbocycles. The number of benzene rings is 4. The van der Waals surface area contributed by atoms with Gasteiger partial charge in [0.05, 0.1) is 16.3 Å². The third kappa shape index (κ3) is 14.0. The second-order valence-electron chi connectivity index (χ2n) is 15.7. The molecule has 73 heavy (non-hydrogen) atoms. The van der Waals surface area contributed by atoms with E-state index in [-0.39, 0.29) is 80.5 Å². The Morgan fingerprint density at radius 1 is 0.603 bits per heavy atom. The van der Waals surface area contributed by atoms with Crippen LogP contribution in [-0.2, 0) is 36.1 Å². The number of fused-ring (bicyclic) bond motifs is 2. The number of aliphatic hydroxyl groups excluding tert-OH is 2. The van der Waals surface area contributed by atoms with E-state index < -0.39 is 43.4 Å². The molecule has 0 saturated heterocycles. The van der Waals surface area contributed by atoms with E-state index in [0.717, 1.165) is 39.1 Å². The summed E-state index contributed by atoms with van der Waals surface area (Å²) in [5.74, 6) is -1.81. The zero-order chi connectivity index (χ0) is 51.8. The van der Waals surface area contributed by atoms with Gasteiger partial charge in [0.25, 0.3) is 37.4 Å².